The number of hydrogen-bond donors (Lipinski definition) is 1. The Morgan fingerprint density at radius 3 is 2.23 bits per heavy atom. The topological polar surface area (TPSA) is 79.6 Å². The standard InChI is InChI=1S/C22H31N5O3/c1-2-26-18-7-3-4-8-19(18)27(22(26)30)15-20(28)23-17-9-13-24(14-10-17)16-21(29)25-11-5-6-12-25/h3-4,7-8,17H,2,5-6,9-16H2,1H3,(H,23,28). The van der Waals surface area contributed by atoms with Crippen LogP contribution in [0.1, 0.15) is 32.6 Å². The summed E-state index contributed by atoms with van der Waals surface area (Å²) in [5, 5.41) is 3.09. The summed E-state index contributed by atoms with van der Waals surface area (Å²) in [7, 11) is 0. The van der Waals surface area contributed by atoms with E-state index in [0.29, 0.717) is 13.1 Å². The lowest BCUT2D eigenvalue weighted by Gasteiger charge is -2.32. The summed E-state index contributed by atoms with van der Waals surface area (Å²) in [6, 6.07) is 7.67. The quantitative estimate of drug-likeness (QED) is 0.767. The molecule has 0 atom stereocenters. The molecule has 0 bridgehead atoms. The van der Waals surface area contributed by atoms with Crippen LogP contribution in [0.15, 0.2) is 29.1 Å². The molecule has 0 aliphatic carbocycles. The van der Waals surface area contributed by atoms with Gasteiger partial charge in [-0.1, -0.05) is 12.1 Å². The SMILES string of the molecule is CCn1c(=O)n(CC(=O)NC2CCN(CC(=O)N3CCCC3)CC2)c2ccccc21. The highest BCUT2D eigenvalue weighted by Crippen LogP contribution is 2.14. The van der Waals surface area contributed by atoms with Crippen molar-refractivity contribution >= 4 is 22.8 Å². The highest BCUT2D eigenvalue weighted by Gasteiger charge is 2.25. The zero-order chi connectivity index (χ0) is 21.1. The Morgan fingerprint density at radius 1 is 0.967 bits per heavy atom. The first kappa shape index (κ1) is 20.7. The van der Waals surface area contributed by atoms with Gasteiger partial charge in [0.15, 0.2) is 0 Å². The van der Waals surface area contributed by atoms with Gasteiger partial charge < -0.3 is 10.2 Å². The van der Waals surface area contributed by atoms with Gasteiger partial charge in [0.2, 0.25) is 11.8 Å². The van der Waals surface area contributed by atoms with E-state index < -0.39 is 0 Å². The summed E-state index contributed by atoms with van der Waals surface area (Å²) < 4.78 is 3.25. The average Bonchev–Trinajstić information content (AvgIpc) is 3.37. The van der Waals surface area contributed by atoms with Crippen LogP contribution in [0.4, 0.5) is 0 Å². The van der Waals surface area contributed by atoms with Crippen LogP contribution in [0.3, 0.4) is 0 Å². The van der Waals surface area contributed by atoms with Crippen molar-refractivity contribution in [2.24, 2.45) is 0 Å². The number of rotatable bonds is 6. The maximum atomic E-state index is 12.7. The third kappa shape index (κ3) is 4.28. The summed E-state index contributed by atoms with van der Waals surface area (Å²) in [4.78, 5) is 41.8. The van der Waals surface area contributed by atoms with Crippen molar-refractivity contribution in [1.82, 2.24) is 24.3 Å². The zero-order valence-corrected chi connectivity index (χ0v) is 17.7. The normalized spacial score (nSPS) is 18.2. The molecule has 1 N–H and O–H groups in total. The van der Waals surface area contributed by atoms with Crippen LogP contribution in [0, 0.1) is 0 Å². The van der Waals surface area contributed by atoms with E-state index in [1.54, 1.807) is 9.13 Å². The Labute approximate surface area is 176 Å². The van der Waals surface area contributed by atoms with Crippen LogP contribution in [-0.2, 0) is 22.7 Å². The summed E-state index contributed by atoms with van der Waals surface area (Å²) in [6.45, 7) is 6.40. The fourth-order valence-electron chi connectivity index (χ4n) is 4.64. The van der Waals surface area contributed by atoms with Crippen LogP contribution in [0.2, 0.25) is 0 Å². The van der Waals surface area contributed by atoms with Gasteiger partial charge in [-0.2, -0.15) is 0 Å². The smallest absolute Gasteiger partial charge is 0.329 e. The number of likely N-dealkylation sites (tertiary alicyclic amines) is 2. The van der Waals surface area contributed by atoms with Crippen LogP contribution >= 0.6 is 0 Å². The van der Waals surface area contributed by atoms with Gasteiger partial charge in [0, 0.05) is 38.8 Å². The van der Waals surface area contributed by atoms with Crippen LogP contribution in [0.25, 0.3) is 11.0 Å². The molecule has 162 valence electrons. The highest BCUT2D eigenvalue weighted by atomic mass is 16.2. The molecule has 2 fully saturated rings. The molecule has 2 aromatic rings. The van der Waals surface area contributed by atoms with Gasteiger partial charge in [-0.05, 0) is 44.7 Å². The van der Waals surface area contributed by atoms with E-state index >= 15 is 0 Å². The molecular weight excluding hydrogens is 382 g/mol. The van der Waals surface area contributed by atoms with Gasteiger partial charge in [0.1, 0.15) is 6.54 Å². The number of carbonyl (C=O) groups is 2. The summed E-state index contributed by atoms with van der Waals surface area (Å²) in [5.74, 6) is 0.0874. The molecule has 8 nitrogen and oxygen atoms in total. The molecule has 2 amide bonds. The second-order valence-corrected chi connectivity index (χ2v) is 8.31. The van der Waals surface area contributed by atoms with Crippen molar-refractivity contribution in [3.8, 4) is 0 Å². The molecule has 3 heterocycles. The third-order valence-corrected chi connectivity index (χ3v) is 6.31. The van der Waals surface area contributed by atoms with E-state index in [9.17, 15) is 14.4 Å². The molecule has 0 spiro atoms. The molecule has 2 aliphatic heterocycles. The van der Waals surface area contributed by atoms with E-state index in [-0.39, 0.29) is 30.1 Å². The second-order valence-electron chi connectivity index (χ2n) is 8.31. The van der Waals surface area contributed by atoms with Crippen molar-refractivity contribution in [3.63, 3.8) is 0 Å². The number of aromatic nitrogens is 2. The Balaban J connectivity index is 1.31. The molecule has 1 aromatic heterocycles. The Hall–Kier alpha value is -2.61. The van der Waals surface area contributed by atoms with E-state index in [0.717, 1.165) is 62.9 Å². The molecule has 30 heavy (non-hydrogen) atoms. The monoisotopic (exact) mass is 413 g/mol. The van der Waals surface area contributed by atoms with Gasteiger partial charge >= 0.3 is 5.69 Å². The predicted octanol–water partition coefficient (Wildman–Crippen LogP) is 1.03. The number of nitrogens with zero attached hydrogens (tertiary/aromatic N) is 4. The predicted molar refractivity (Wildman–Crippen MR) is 115 cm³/mol. The molecule has 0 unspecified atom stereocenters. The van der Waals surface area contributed by atoms with Crippen molar-refractivity contribution in [2.45, 2.75) is 51.7 Å². The maximum Gasteiger partial charge on any atom is 0.329 e. The van der Waals surface area contributed by atoms with E-state index in [2.05, 4.69) is 10.2 Å². The molecule has 4 rings (SSSR count). The van der Waals surface area contributed by atoms with Crippen LogP contribution in [-0.4, -0.2) is 69.5 Å². The van der Waals surface area contributed by atoms with E-state index in [1.165, 1.54) is 0 Å². The van der Waals surface area contributed by atoms with Gasteiger partial charge in [0.25, 0.3) is 0 Å². The summed E-state index contributed by atoms with van der Waals surface area (Å²) in [6.07, 6.45) is 3.87. The van der Waals surface area contributed by atoms with Gasteiger partial charge in [-0.25, -0.2) is 4.79 Å². The number of amides is 2. The highest BCUT2D eigenvalue weighted by molar-refractivity contribution is 5.81. The zero-order valence-electron chi connectivity index (χ0n) is 17.7. The van der Waals surface area contributed by atoms with Crippen LogP contribution < -0.4 is 11.0 Å². The molecular formula is C22H31N5O3. The number of fused-ring (bicyclic) bond motifs is 1. The molecule has 2 aliphatic rings. The average molecular weight is 414 g/mol. The Bertz CT molecular complexity index is 965. The number of benzene rings is 1. The first-order valence-electron chi connectivity index (χ1n) is 11.0. The lowest BCUT2D eigenvalue weighted by molar-refractivity contribution is -0.132. The minimum absolute atomic E-state index is 0.0278. The lowest BCUT2D eigenvalue weighted by Crippen LogP contribution is -2.48. The van der Waals surface area contributed by atoms with Gasteiger partial charge in [0.05, 0.1) is 17.6 Å². The minimum atomic E-state index is -0.149. The minimum Gasteiger partial charge on any atom is -0.352 e. The Morgan fingerprint density at radius 2 is 1.60 bits per heavy atom. The maximum absolute atomic E-state index is 12.7. The summed E-state index contributed by atoms with van der Waals surface area (Å²) in [5.41, 5.74) is 1.49. The van der Waals surface area contributed by atoms with Crippen LogP contribution in [0.5, 0.6) is 0 Å². The first-order chi connectivity index (χ1) is 14.6. The van der Waals surface area contributed by atoms with Crippen molar-refractivity contribution < 1.29 is 9.59 Å². The largest absolute Gasteiger partial charge is 0.352 e. The van der Waals surface area contributed by atoms with E-state index in [1.807, 2.05) is 36.1 Å². The van der Waals surface area contributed by atoms with Gasteiger partial charge in [-0.15, -0.1) is 0 Å². The number of hydrogen-bond acceptors (Lipinski definition) is 4. The molecule has 1 aromatic carbocycles. The van der Waals surface area contributed by atoms with Crippen molar-refractivity contribution in [1.29, 1.82) is 0 Å². The molecule has 0 radical (unpaired) electrons. The van der Waals surface area contributed by atoms with E-state index in [4.69, 9.17) is 0 Å². The Kier molecular flexibility index (Phi) is 6.22. The van der Waals surface area contributed by atoms with Crippen molar-refractivity contribution in [2.75, 3.05) is 32.7 Å². The summed E-state index contributed by atoms with van der Waals surface area (Å²) >= 11 is 0. The van der Waals surface area contributed by atoms with Gasteiger partial charge in [-0.3, -0.25) is 23.6 Å². The third-order valence-electron chi connectivity index (χ3n) is 6.31. The number of nitrogens with one attached hydrogen (secondary N) is 1. The fourth-order valence-corrected chi connectivity index (χ4v) is 4.64. The molecule has 2 saturated heterocycles. The number of piperidine rings is 1. The number of imidazole rings is 1. The number of carbonyl (C=O) groups excluding carboxylic acids is 2. The lowest BCUT2D eigenvalue weighted by atomic mass is 10.0. The first-order valence-corrected chi connectivity index (χ1v) is 11.0. The fraction of sp³-hybridized carbons (Fsp3) is 0.591. The van der Waals surface area contributed by atoms with Crippen molar-refractivity contribution in [3.05, 3.63) is 34.7 Å². The molecule has 8 heteroatoms. The second kappa shape index (κ2) is 9.04. The number of aryl methyl sites for hydroxylation is 1. The number of para-hydroxylation sites is 2. The molecule has 0 saturated carbocycles.